The maximum atomic E-state index is 5.09. The first-order chi connectivity index (χ1) is 8.04. The zero-order valence-electron chi connectivity index (χ0n) is 11.2. The summed E-state index contributed by atoms with van der Waals surface area (Å²) in [5, 5.41) is 10.5. The summed E-state index contributed by atoms with van der Waals surface area (Å²) in [6, 6.07) is 8.23. The first kappa shape index (κ1) is 13.5. The van der Waals surface area contributed by atoms with Crippen LogP contribution in [0, 0.1) is 0 Å². The smallest absolute Gasteiger partial charge is 0.119 e. The Kier molecular flexibility index (Phi) is 4.94. The van der Waals surface area contributed by atoms with Gasteiger partial charge in [0.1, 0.15) is 5.75 Å². The second kappa shape index (κ2) is 6.23. The predicted octanol–water partition coefficient (Wildman–Crippen LogP) is 3.81. The molecule has 0 N–H and O–H groups in total. The molecule has 0 spiro atoms. The lowest BCUT2D eigenvalue weighted by molar-refractivity contribution is 0.169. The molecule has 4 heteroatoms. The highest BCUT2D eigenvalue weighted by Gasteiger charge is 2.10. The number of ether oxygens (including phenoxy) is 1. The van der Waals surface area contributed by atoms with E-state index in [9.17, 15) is 0 Å². The topological polar surface area (TPSA) is 37.2 Å². The summed E-state index contributed by atoms with van der Waals surface area (Å²) in [6.45, 7) is 8.42. The molecule has 94 valence electrons. The standard InChI is InChI=1S/C13H21N3O/c1-10(2)16(11(3)4)15-14-12-6-8-13(17-5)9-7-12/h6-11H,1-5H3/b15-14+. The van der Waals surface area contributed by atoms with Gasteiger partial charge in [-0.3, -0.25) is 5.01 Å². The van der Waals surface area contributed by atoms with Crippen molar-refractivity contribution >= 4 is 5.69 Å². The molecule has 0 aliphatic carbocycles. The molecule has 1 rings (SSSR count). The monoisotopic (exact) mass is 235 g/mol. The van der Waals surface area contributed by atoms with E-state index >= 15 is 0 Å². The molecule has 0 aliphatic heterocycles. The number of rotatable bonds is 5. The van der Waals surface area contributed by atoms with Gasteiger partial charge in [0.05, 0.1) is 12.8 Å². The van der Waals surface area contributed by atoms with Crippen LogP contribution in [-0.2, 0) is 0 Å². The van der Waals surface area contributed by atoms with Gasteiger partial charge in [0, 0.05) is 12.1 Å². The second-order valence-corrected chi connectivity index (χ2v) is 4.45. The van der Waals surface area contributed by atoms with Gasteiger partial charge in [-0.05, 0) is 52.0 Å². The van der Waals surface area contributed by atoms with Crippen molar-refractivity contribution in [3.8, 4) is 5.75 Å². The van der Waals surface area contributed by atoms with Gasteiger partial charge in [-0.25, -0.2) is 0 Å². The number of nitrogens with zero attached hydrogens (tertiary/aromatic N) is 3. The first-order valence-electron chi connectivity index (χ1n) is 5.88. The second-order valence-electron chi connectivity index (χ2n) is 4.45. The van der Waals surface area contributed by atoms with Crippen molar-refractivity contribution < 1.29 is 4.74 Å². The molecule has 4 nitrogen and oxygen atoms in total. The minimum Gasteiger partial charge on any atom is -0.497 e. The van der Waals surface area contributed by atoms with Crippen LogP contribution >= 0.6 is 0 Å². The fourth-order valence-corrected chi connectivity index (χ4v) is 1.56. The van der Waals surface area contributed by atoms with Gasteiger partial charge in [-0.1, -0.05) is 5.22 Å². The minimum atomic E-state index is 0.344. The fraction of sp³-hybridized carbons (Fsp3) is 0.538. The Balaban J connectivity index is 2.74. The molecule has 0 saturated heterocycles. The molecule has 0 amide bonds. The molecule has 0 radical (unpaired) electrons. The van der Waals surface area contributed by atoms with Crippen LogP contribution in [0.3, 0.4) is 0 Å². The van der Waals surface area contributed by atoms with Crippen LogP contribution < -0.4 is 4.74 Å². The Morgan fingerprint density at radius 1 is 1.00 bits per heavy atom. The third-order valence-corrected chi connectivity index (χ3v) is 2.39. The van der Waals surface area contributed by atoms with Crippen molar-refractivity contribution in [3.05, 3.63) is 24.3 Å². The molecule has 0 aliphatic rings. The molecule has 0 bridgehead atoms. The average Bonchev–Trinajstić information content (AvgIpc) is 2.29. The number of hydrogen-bond acceptors (Lipinski definition) is 3. The lowest BCUT2D eigenvalue weighted by Gasteiger charge is -2.25. The Hall–Kier alpha value is -1.58. The molecule has 0 fully saturated rings. The van der Waals surface area contributed by atoms with Crippen molar-refractivity contribution in [3.63, 3.8) is 0 Å². The summed E-state index contributed by atoms with van der Waals surface area (Å²) in [5.74, 6) is 0.827. The maximum absolute atomic E-state index is 5.09. The Morgan fingerprint density at radius 3 is 1.94 bits per heavy atom. The molecule has 0 unspecified atom stereocenters. The van der Waals surface area contributed by atoms with Crippen LogP contribution in [-0.4, -0.2) is 24.2 Å². The molecule has 0 atom stereocenters. The van der Waals surface area contributed by atoms with Crippen LogP contribution in [0.4, 0.5) is 5.69 Å². The zero-order chi connectivity index (χ0) is 12.8. The third-order valence-electron chi connectivity index (χ3n) is 2.39. The maximum Gasteiger partial charge on any atom is 0.119 e. The highest BCUT2D eigenvalue weighted by molar-refractivity contribution is 5.40. The van der Waals surface area contributed by atoms with E-state index in [1.165, 1.54) is 0 Å². The van der Waals surface area contributed by atoms with Crippen molar-refractivity contribution in [2.24, 2.45) is 10.3 Å². The van der Waals surface area contributed by atoms with E-state index in [2.05, 4.69) is 38.0 Å². The SMILES string of the molecule is COc1ccc(/N=N/N(C(C)C)C(C)C)cc1. The van der Waals surface area contributed by atoms with E-state index in [1.807, 2.05) is 29.3 Å². The first-order valence-corrected chi connectivity index (χ1v) is 5.88. The van der Waals surface area contributed by atoms with Crippen LogP contribution in [0.2, 0.25) is 0 Å². The van der Waals surface area contributed by atoms with Crippen molar-refractivity contribution in [1.82, 2.24) is 5.01 Å². The summed E-state index contributed by atoms with van der Waals surface area (Å²) in [6.07, 6.45) is 0. The third kappa shape index (κ3) is 4.06. The quantitative estimate of drug-likeness (QED) is 0.575. The van der Waals surface area contributed by atoms with Crippen molar-refractivity contribution in [2.45, 2.75) is 39.8 Å². The highest BCUT2D eigenvalue weighted by Crippen LogP contribution is 2.19. The van der Waals surface area contributed by atoms with Gasteiger partial charge >= 0.3 is 0 Å². The van der Waals surface area contributed by atoms with Crippen LogP contribution in [0.5, 0.6) is 5.75 Å². The van der Waals surface area contributed by atoms with E-state index in [-0.39, 0.29) is 0 Å². The molecule has 1 aromatic rings. The van der Waals surface area contributed by atoms with Crippen molar-refractivity contribution in [2.75, 3.05) is 7.11 Å². The largest absolute Gasteiger partial charge is 0.497 e. The Bertz CT molecular complexity index is 349. The van der Waals surface area contributed by atoms with E-state index in [0.717, 1.165) is 11.4 Å². The Morgan fingerprint density at radius 2 is 1.53 bits per heavy atom. The number of methoxy groups -OCH3 is 1. The molecular formula is C13H21N3O. The summed E-state index contributed by atoms with van der Waals surface area (Å²) in [7, 11) is 1.65. The van der Waals surface area contributed by atoms with Gasteiger partial charge in [-0.2, -0.15) is 0 Å². The molecule has 1 aromatic carbocycles. The van der Waals surface area contributed by atoms with Crippen LogP contribution in [0.25, 0.3) is 0 Å². The normalized spacial score (nSPS) is 11.5. The van der Waals surface area contributed by atoms with Crippen molar-refractivity contribution in [1.29, 1.82) is 0 Å². The van der Waals surface area contributed by atoms with Gasteiger partial charge in [0.25, 0.3) is 0 Å². The summed E-state index contributed by atoms with van der Waals surface area (Å²) < 4.78 is 5.09. The van der Waals surface area contributed by atoms with Gasteiger partial charge in [0.15, 0.2) is 0 Å². The number of hydrogen-bond donors (Lipinski definition) is 0. The average molecular weight is 235 g/mol. The van der Waals surface area contributed by atoms with E-state index < -0.39 is 0 Å². The van der Waals surface area contributed by atoms with Crippen LogP contribution in [0.15, 0.2) is 34.6 Å². The van der Waals surface area contributed by atoms with E-state index in [0.29, 0.717) is 12.1 Å². The Labute approximate surface area is 103 Å². The molecule has 0 saturated carbocycles. The van der Waals surface area contributed by atoms with E-state index in [4.69, 9.17) is 4.74 Å². The van der Waals surface area contributed by atoms with Crippen LogP contribution in [0.1, 0.15) is 27.7 Å². The highest BCUT2D eigenvalue weighted by atomic mass is 16.5. The lowest BCUT2D eigenvalue weighted by atomic mass is 10.3. The molecule has 17 heavy (non-hydrogen) atoms. The minimum absolute atomic E-state index is 0.344. The van der Waals surface area contributed by atoms with Gasteiger partial charge in [-0.15, -0.1) is 5.11 Å². The summed E-state index contributed by atoms with van der Waals surface area (Å²) in [5.41, 5.74) is 0.831. The lowest BCUT2D eigenvalue weighted by Crippen LogP contribution is -2.31. The fourth-order valence-electron chi connectivity index (χ4n) is 1.56. The molecular weight excluding hydrogens is 214 g/mol. The molecule has 0 aromatic heterocycles. The summed E-state index contributed by atoms with van der Waals surface area (Å²) >= 11 is 0. The van der Waals surface area contributed by atoms with Gasteiger partial charge < -0.3 is 4.74 Å². The zero-order valence-corrected chi connectivity index (χ0v) is 11.2. The van der Waals surface area contributed by atoms with E-state index in [1.54, 1.807) is 7.11 Å². The number of benzene rings is 1. The summed E-state index contributed by atoms with van der Waals surface area (Å²) in [4.78, 5) is 0. The molecule has 0 heterocycles. The predicted molar refractivity (Wildman–Crippen MR) is 69.6 cm³/mol. The van der Waals surface area contributed by atoms with Gasteiger partial charge in [0.2, 0.25) is 0 Å².